The number of benzene rings is 2. The van der Waals surface area contributed by atoms with E-state index in [0.29, 0.717) is 18.7 Å². The summed E-state index contributed by atoms with van der Waals surface area (Å²) in [7, 11) is 0. The van der Waals surface area contributed by atoms with Gasteiger partial charge in [0.25, 0.3) is 5.91 Å². The third-order valence-electron chi connectivity index (χ3n) is 5.15. The Hall–Kier alpha value is -3.05. The van der Waals surface area contributed by atoms with Gasteiger partial charge in [-0.25, -0.2) is 4.39 Å². The topological polar surface area (TPSA) is 36.4 Å². The molecule has 28 heavy (non-hydrogen) atoms. The highest BCUT2D eigenvalue weighted by Gasteiger charge is 2.28. The van der Waals surface area contributed by atoms with Gasteiger partial charge in [-0.2, -0.15) is 0 Å². The average Bonchev–Trinajstić information content (AvgIpc) is 2.75. The molecule has 0 N–H and O–H groups in total. The van der Waals surface area contributed by atoms with Crippen LogP contribution in [-0.2, 0) is 0 Å². The van der Waals surface area contributed by atoms with Crippen LogP contribution >= 0.6 is 0 Å². The molecule has 0 atom stereocenters. The van der Waals surface area contributed by atoms with Crippen LogP contribution in [0.2, 0.25) is 0 Å². The predicted molar refractivity (Wildman–Crippen MR) is 106 cm³/mol. The Bertz CT molecular complexity index is 885. The smallest absolute Gasteiger partial charge is 0.255 e. The molecule has 1 amide bonds. The molecule has 4 rings (SSSR count). The number of nitrogens with zero attached hydrogens (tertiary/aromatic N) is 3. The maximum Gasteiger partial charge on any atom is 0.255 e. The van der Waals surface area contributed by atoms with E-state index in [9.17, 15) is 9.18 Å². The van der Waals surface area contributed by atoms with Crippen LogP contribution in [0.5, 0.6) is 0 Å². The molecule has 5 heteroatoms. The fourth-order valence-corrected chi connectivity index (χ4v) is 3.78. The van der Waals surface area contributed by atoms with Gasteiger partial charge in [0.15, 0.2) is 0 Å². The fraction of sp³-hybridized carbons (Fsp3) is 0.217. The summed E-state index contributed by atoms with van der Waals surface area (Å²) >= 11 is 0. The molecule has 0 radical (unpaired) electrons. The van der Waals surface area contributed by atoms with Gasteiger partial charge in [-0.05, 0) is 17.2 Å². The summed E-state index contributed by atoms with van der Waals surface area (Å²) in [6.45, 7) is 2.71. The van der Waals surface area contributed by atoms with E-state index in [-0.39, 0.29) is 11.9 Å². The lowest BCUT2D eigenvalue weighted by molar-refractivity contribution is 0.0596. The second kappa shape index (κ2) is 8.31. The minimum Gasteiger partial charge on any atom is -0.336 e. The third-order valence-corrected chi connectivity index (χ3v) is 5.15. The summed E-state index contributed by atoms with van der Waals surface area (Å²) in [6, 6.07) is 22.3. The van der Waals surface area contributed by atoms with Crippen LogP contribution in [0.4, 0.5) is 4.39 Å². The molecule has 0 saturated carbocycles. The van der Waals surface area contributed by atoms with Gasteiger partial charge in [-0.3, -0.25) is 14.7 Å². The Balaban J connectivity index is 1.51. The van der Waals surface area contributed by atoms with Gasteiger partial charge in [0, 0.05) is 32.4 Å². The molecule has 0 unspecified atom stereocenters. The van der Waals surface area contributed by atoms with Crippen LogP contribution < -0.4 is 0 Å². The zero-order chi connectivity index (χ0) is 19.3. The van der Waals surface area contributed by atoms with Crippen LogP contribution in [0, 0.1) is 5.82 Å². The summed E-state index contributed by atoms with van der Waals surface area (Å²) in [6.07, 6.45) is 2.54. The zero-order valence-corrected chi connectivity index (χ0v) is 15.5. The van der Waals surface area contributed by atoms with Crippen molar-refractivity contribution in [2.75, 3.05) is 26.2 Å². The molecule has 1 aromatic heterocycles. The van der Waals surface area contributed by atoms with Crippen LogP contribution in [0.25, 0.3) is 0 Å². The lowest BCUT2D eigenvalue weighted by Crippen LogP contribution is -2.49. The Morgan fingerprint density at radius 3 is 1.96 bits per heavy atom. The maximum atomic E-state index is 13.4. The molecule has 0 aliphatic carbocycles. The van der Waals surface area contributed by atoms with Crippen LogP contribution in [-0.4, -0.2) is 46.9 Å². The molecule has 3 aromatic rings. The number of pyridine rings is 1. The fourth-order valence-electron chi connectivity index (χ4n) is 3.78. The van der Waals surface area contributed by atoms with Gasteiger partial charge in [-0.15, -0.1) is 0 Å². The third kappa shape index (κ3) is 3.94. The standard InChI is InChI=1S/C23H22FN3O/c24-21-15-20(16-25-17-21)23(28)27-13-11-26(12-14-27)22(18-7-3-1-4-8-18)19-9-5-2-6-10-19/h1-10,15-17,22H,11-14H2. The molecule has 1 aliphatic heterocycles. The zero-order valence-electron chi connectivity index (χ0n) is 15.5. The first-order chi connectivity index (χ1) is 13.7. The van der Waals surface area contributed by atoms with Crippen LogP contribution in [0.15, 0.2) is 79.1 Å². The quantitative estimate of drug-likeness (QED) is 0.697. The van der Waals surface area contributed by atoms with E-state index in [0.717, 1.165) is 19.3 Å². The molecule has 1 saturated heterocycles. The second-order valence-corrected chi connectivity index (χ2v) is 6.94. The van der Waals surface area contributed by atoms with Gasteiger partial charge < -0.3 is 4.90 Å². The van der Waals surface area contributed by atoms with Crippen molar-refractivity contribution < 1.29 is 9.18 Å². The number of piperazine rings is 1. The maximum absolute atomic E-state index is 13.4. The Morgan fingerprint density at radius 2 is 1.43 bits per heavy atom. The Morgan fingerprint density at radius 1 is 0.857 bits per heavy atom. The minimum absolute atomic E-state index is 0.149. The van der Waals surface area contributed by atoms with E-state index < -0.39 is 5.82 Å². The number of hydrogen-bond acceptors (Lipinski definition) is 3. The van der Waals surface area contributed by atoms with Gasteiger partial charge in [-0.1, -0.05) is 60.7 Å². The van der Waals surface area contributed by atoms with Crippen molar-refractivity contribution in [3.63, 3.8) is 0 Å². The lowest BCUT2D eigenvalue weighted by atomic mass is 9.96. The highest BCUT2D eigenvalue weighted by atomic mass is 19.1. The predicted octanol–water partition coefficient (Wildman–Crippen LogP) is 3.77. The Kier molecular flexibility index (Phi) is 5.44. The van der Waals surface area contributed by atoms with Gasteiger partial charge >= 0.3 is 0 Å². The molecule has 4 nitrogen and oxygen atoms in total. The number of amides is 1. The van der Waals surface area contributed by atoms with E-state index >= 15 is 0 Å². The Labute approximate surface area is 164 Å². The molecule has 0 spiro atoms. The number of rotatable bonds is 4. The number of halogens is 1. The average molecular weight is 375 g/mol. The van der Waals surface area contributed by atoms with E-state index in [2.05, 4.69) is 58.4 Å². The number of aromatic nitrogens is 1. The first kappa shape index (κ1) is 18.3. The number of carbonyl (C=O) groups is 1. The van der Waals surface area contributed by atoms with Crippen molar-refractivity contribution in [1.29, 1.82) is 0 Å². The van der Waals surface area contributed by atoms with E-state index in [4.69, 9.17) is 0 Å². The lowest BCUT2D eigenvalue weighted by Gasteiger charge is -2.39. The minimum atomic E-state index is -0.488. The van der Waals surface area contributed by atoms with Crippen molar-refractivity contribution in [2.24, 2.45) is 0 Å². The highest BCUT2D eigenvalue weighted by molar-refractivity contribution is 5.94. The van der Waals surface area contributed by atoms with Gasteiger partial charge in [0.05, 0.1) is 17.8 Å². The molecular formula is C23H22FN3O. The van der Waals surface area contributed by atoms with E-state index in [1.807, 2.05) is 12.1 Å². The second-order valence-electron chi connectivity index (χ2n) is 6.94. The molecule has 1 fully saturated rings. The summed E-state index contributed by atoms with van der Waals surface area (Å²) < 4.78 is 13.4. The monoisotopic (exact) mass is 375 g/mol. The largest absolute Gasteiger partial charge is 0.336 e. The highest BCUT2D eigenvalue weighted by Crippen LogP contribution is 2.29. The van der Waals surface area contributed by atoms with Gasteiger partial charge in [0.1, 0.15) is 5.82 Å². The number of carbonyl (C=O) groups excluding carboxylic acids is 1. The SMILES string of the molecule is O=C(c1cncc(F)c1)N1CCN(C(c2ccccc2)c2ccccc2)CC1. The first-order valence-electron chi connectivity index (χ1n) is 9.46. The molecule has 0 bridgehead atoms. The number of hydrogen-bond donors (Lipinski definition) is 0. The normalized spacial score (nSPS) is 15.0. The van der Waals surface area contributed by atoms with Gasteiger partial charge in [0.2, 0.25) is 0 Å². The van der Waals surface area contributed by atoms with Crippen molar-refractivity contribution in [2.45, 2.75) is 6.04 Å². The molecular weight excluding hydrogens is 353 g/mol. The van der Waals surface area contributed by atoms with E-state index in [1.54, 1.807) is 4.90 Å². The molecule has 2 aromatic carbocycles. The van der Waals surface area contributed by atoms with E-state index in [1.165, 1.54) is 23.4 Å². The van der Waals surface area contributed by atoms with Crippen molar-refractivity contribution in [3.05, 3.63) is 102 Å². The summed E-state index contributed by atoms with van der Waals surface area (Å²) in [5.74, 6) is -0.652. The van der Waals surface area contributed by atoms with Crippen LogP contribution in [0.1, 0.15) is 27.5 Å². The summed E-state index contributed by atoms with van der Waals surface area (Å²) in [5.41, 5.74) is 2.78. The molecule has 1 aliphatic rings. The summed E-state index contributed by atoms with van der Waals surface area (Å²) in [4.78, 5) is 20.6. The van der Waals surface area contributed by atoms with Crippen LogP contribution in [0.3, 0.4) is 0 Å². The molecule has 142 valence electrons. The summed E-state index contributed by atoms with van der Waals surface area (Å²) in [5, 5.41) is 0. The van der Waals surface area contributed by atoms with Crippen molar-refractivity contribution in [1.82, 2.24) is 14.8 Å². The first-order valence-corrected chi connectivity index (χ1v) is 9.46. The molecule has 2 heterocycles. The van der Waals surface area contributed by atoms with Crippen molar-refractivity contribution in [3.8, 4) is 0 Å². The van der Waals surface area contributed by atoms with Crippen molar-refractivity contribution >= 4 is 5.91 Å².